The van der Waals surface area contributed by atoms with Crippen LogP contribution in [0.15, 0.2) is 24.8 Å². The molecule has 0 heterocycles. The average Bonchev–Trinajstić information content (AvgIpc) is 1.94. The Balaban J connectivity index is 3.15. The highest BCUT2D eigenvalue weighted by Crippen LogP contribution is 2.09. The summed E-state index contributed by atoms with van der Waals surface area (Å²) in [5.41, 5.74) is 8.38. The van der Waals surface area contributed by atoms with Crippen LogP contribution >= 0.6 is 9.24 Å². The molecule has 1 aromatic rings. The van der Waals surface area contributed by atoms with E-state index in [4.69, 9.17) is 5.73 Å². The van der Waals surface area contributed by atoms with Gasteiger partial charge in [-0.25, -0.2) is 0 Å². The van der Waals surface area contributed by atoms with Crippen molar-refractivity contribution in [1.82, 2.24) is 0 Å². The van der Waals surface area contributed by atoms with Gasteiger partial charge >= 0.3 is 0 Å². The van der Waals surface area contributed by atoms with E-state index in [1.165, 1.54) is 10.9 Å². The van der Waals surface area contributed by atoms with Crippen LogP contribution in [0.1, 0.15) is 11.1 Å². The van der Waals surface area contributed by atoms with Gasteiger partial charge < -0.3 is 5.73 Å². The largest absolute Gasteiger partial charge is 0.399 e. The van der Waals surface area contributed by atoms with Crippen LogP contribution < -0.4 is 11.0 Å². The van der Waals surface area contributed by atoms with Gasteiger partial charge in [0, 0.05) is 5.70 Å². The van der Waals surface area contributed by atoms with Crippen molar-refractivity contribution in [3.05, 3.63) is 35.9 Å². The molecule has 1 nitrogen and oxygen atoms in total. The molecule has 0 aromatic heterocycles. The van der Waals surface area contributed by atoms with Crippen molar-refractivity contribution in [3.63, 3.8) is 0 Å². The molecule has 0 saturated carbocycles. The summed E-state index contributed by atoms with van der Waals surface area (Å²) in [5, 5.41) is 1.20. The van der Waals surface area contributed by atoms with E-state index in [1.54, 1.807) is 0 Å². The van der Waals surface area contributed by atoms with E-state index in [0.717, 1.165) is 5.56 Å². The van der Waals surface area contributed by atoms with Gasteiger partial charge in [-0.3, -0.25) is 0 Å². The molecule has 1 atom stereocenters. The summed E-state index contributed by atoms with van der Waals surface area (Å²) < 4.78 is 0. The number of hydrogen-bond acceptors (Lipinski definition) is 1. The van der Waals surface area contributed by atoms with Crippen LogP contribution in [-0.2, 0) is 0 Å². The van der Waals surface area contributed by atoms with Gasteiger partial charge in [0.1, 0.15) is 0 Å². The van der Waals surface area contributed by atoms with Crippen LogP contribution in [0.5, 0.6) is 0 Å². The molecule has 0 amide bonds. The van der Waals surface area contributed by atoms with Crippen molar-refractivity contribution in [1.29, 1.82) is 0 Å². The number of benzene rings is 1. The predicted octanol–water partition coefficient (Wildman–Crippen LogP) is 1.42. The molecule has 0 spiro atoms. The second kappa shape index (κ2) is 3.06. The van der Waals surface area contributed by atoms with Crippen LogP contribution in [0.3, 0.4) is 0 Å². The van der Waals surface area contributed by atoms with Gasteiger partial charge in [0.05, 0.1) is 0 Å². The fraction of sp³-hybridized carbons (Fsp3) is 0.111. The third-order valence-corrected chi connectivity index (χ3v) is 2.29. The molecule has 0 bridgehead atoms. The first-order chi connectivity index (χ1) is 5.11. The smallest absolute Gasteiger partial charge is 0.0314 e. The van der Waals surface area contributed by atoms with Gasteiger partial charge in [0.15, 0.2) is 0 Å². The van der Waals surface area contributed by atoms with Gasteiger partial charge in [-0.1, -0.05) is 18.7 Å². The molecule has 1 aromatic carbocycles. The zero-order valence-corrected chi connectivity index (χ0v) is 7.75. The number of nitrogens with two attached hydrogens (primary N) is 1. The predicted molar refractivity (Wildman–Crippen MR) is 53.7 cm³/mol. The minimum Gasteiger partial charge on any atom is -0.399 e. The first-order valence-electron chi connectivity index (χ1n) is 3.42. The van der Waals surface area contributed by atoms with Crippen LogP contribution in [0, 0.1) is 6.92 Å². The van der Waals surface area contributed by atoms with E-state index in [2.05, 4.69) is 22.7 Å². The number of rotatable bonds is 1. The molecular weight excluding hydrogens is 153 g/mol. The van der Waals surface area contributed by atoms with Crippen molar-refractivity contribution in [3.8, 4) is 0 Å². The molecule has 11 heavy (non-hydrogen) atoms. The van der Waals surface area contributed by atoms with E-state index in [-0.39, 0.29) is 0 Å². The molecule has 0 aliphatic carbocycles. The summed E-state index contributed by atoms with van der Waals surface area (Å²) in [6, 6.07) is 6.02. The fourth-order valence-corrected chi connectivity index (χ4v) is 1.05. The molecule has 1 rings (SSSR count). The molecule has 0 aliphatic heterocycles. The lowest BCUT2D eigenvalue weighted by Crippen LogP contribution is -2.00. The molecule has 0 fully saturated rings. The molecule has 0 radical (unpaired) electrons. The Morgan fingerprint density at radius 2 is 2.18 bits per heavy atom. The zero-order chi connectivity index (χ0) is 8.43. The monoisotopic (exact) mass is 165 g/mol. The Kier molecular flexibility index (Phi) is 2.31. The molecule has 1 unspecified atom stereocenters. The Morgan fingerprint density at radius 1 is 1.55 bits per heavy atom. The SMILES string of the molecule is C=C(N)c1ccc(P)c(C)c1. The molecule has 0 saturated heterocycles. The summed E-state index contributed by atoms with van der Waals surface area (Å²) in [4.78, 5) is 0. The van der Waals surface area contributed by atoms with Crippen molar-refractivity contribution >= 4 is 20.2 Å². The maximum atomic E-state index is 5.53. The minimum absolute atomic E-state index is 0.623. The van der Waals surface area contributed by atoms with Gasteiger partial charge in [0.2, 0.25) is 0 Å². The Morgan fingerprint density at radius 3 is 2.64 bits per heavy atom. The Labute approximate surface area is 69.5 Å². The molecule has 0 aliphatic rings. The van der Waals surface area contributed by atoms with Crippen molar-refractivity contribution in [2.75, 3.05) is 0 Å². The van der Waals surface area contributed by atoms with Crippen LogP contribution in [0.2, 0.25) is 0 Å². The van der Waals surface area contributed by atoms with Crippen molar-refractivity contribution in [2.45, 2.75) is 6.92 Å². The Hall–Kier alpha value is -0.810. The van der Waals surface area contributed by atoms with E-state index in [0.29, 0.717) is 5.70 Å². The molecular formula is C9H12NP. The van der Waals surface area contributed by atoms with Crippen molar-refractivity contribution < 1.29 is 0 Å². The van der Waals surface area contributed by atoms with Gasteiger partial charge in [0.25, 0.3) is 0 Å². The highest BCUT2D eigenvalue weighted by molar-refractivity contribution is 7.27. The maximum Gasteiger partial charge on any atom is 0.0314 e. The first-order valence-corrected chi connectivity index (χ1v) is 4.00. The Bertz CT molecular complexity index is 292. The van der Waals surface area contributed by atoms with E-state index in [1.807, 2.05) is 18.2 Å². The molecule has 2 N–H and O–H groups in total. The topological polar surface area (TPSA) is 26.0 Å². The zero-order valence-electron chi connectivity index (χ0n) is 6.59. The third kappa shape index (κ3) is 1.81. The standard InChI is InChI=1S/C9H12NP/c1-6-5-8(7(2)10)3-4-9(6)11/h3-5H,2,10-11H2,1H3. The summed E-state index contributed by atoms with van der Waals surface area (Å²) >= 11 is 0. The lowest BCUT2D eigenvalue weighted by Gasteiger charge is -2.03. The van der Waals surface area contributed by atoms with E-state index >= 15 is 0 Å². The lowest BCUT2D eigenvalue weighted by atomic mass is 10.1. The van der Waals surface area contributed by atoms with Gasteiger partial charge in [-0.15, -0.1) is 9.24 Å². The van der Waals surface area contributed by atoms with Crippen molar-refractivity contribution in [2.24, 2.45) is 5.73 Å². The molecule has 2 heteroatoms. The number of aryl methyl sites for hydroxylation is 1. The first kappa shape index (κ1) is 8.29. The summed E-state index contributed by atoms with van der Waals surface area (Å²) in [6.07, 6.45) is 0. The summed E-state index contributed by atoms with van der Waals surface area (Å²) in [6.45, 7) is 5.72. The highest BCUT2D eigenvalue weighted by atomic mass is 31.0. The summed E-state index contributed by atoms with van der Waals surface area (Å²) in [7, 11) is 2.67. The minimum atomic E-state index is 0.623. The van der Waals surface area contributed by atoms with Crippen LogP contribution in [0.25, 0.3) is 5.70 Å². The van der Waals surface area contributed by atoms with Gasteiger partial charge in [-0.05, 0) is 29.4 Å². The lowest BCUT2D eigenvalue weighted by molar-refractivity contribution is 1.46. The second-order valence-corrected chi connectivity index (χ2v) is 3.22. The summed E-state index contributed by atoms with van der Waals surface area (Å²) in [5.74, 6) is 0. The average molecular weight is 165 g/mol. The van der Waals surface area contributed by atoms with E-state index < -0.39 is 0 Å². The second-order valence-electron chi connectivity index (χ2n) is 2.60. The number of hydrogen-bond donors (Lipinski definition) is 1. The van der Waals surface area contributed by atoms with E-state index in [9.17, 15) is 0 Å². The highest BCUT2D eigenvalue weighted by Gasteiger charge is 1.95. The maximum absolute atomic E-state index is 5.53. The van der Waals surface area contributed by atoms with Crippen LogP contribution in [0.4, 0.5) is 0 Å². The molecule has 58 valence electrons. The fourth-order valence-electron chi connectivity index (χ4n) is 0.875. The third-order valence-electron chi connectivity index (χ3n) is 1.64. The van der Waals surface area contributed by atoms with Gasteiger partial charge in [-0.2, -0.15) is 0 Å². The quantitative estimate of drug-likeness (QED) is 0.626. The normalized spacial score (nSPS) is 9.64. The van der Waals surface area contributed by atoms with Crippen LogP contribution in [-0.4, -0.2) is 0 Å².